The molecule has 62 valence electrons. The van der Waals surface area contributed by atoms with Crippen molar-refractivity contribution >= 4 is 22.6 Å². The topological polar surface area (TPSA) is 41.6 Å². The van der Waals surface area contributed by atoms with E-state index < -0.39 is 0 Å². The van der Waals surface area contributed by atoms with Gasteiger partial charge in [0.1, 0.15) is 16.6 Å². The SMILES string of the molecule is CCc1nc(Cl)c2cc[nH]c2n1. The van der Waals surface area contributed by atoms with Crippen LogP contribution in [0.4, 0.5) is 0 Å². The van der Waals surface area contributed by atoms with E-state index in [2.05, 4.69) is 15.0 Å². The standard InChI is InChI=1S/C8H8ClN3/c1-2-6-11-7(9)5-3-4-10-8(5)12-6/h3-4H,2H2,1H3,(H,10,11,12). The zero-order valence-corrected chi connectivity index (χ0v) is 7.39. The van der Waals surface area contributed by atoms with Crippen LogP contribution in [-0.4, -0.2) is 15.0 Å². The molecule has 0 radical (unpaired) electrons. The first-order valence-corrected chi connectivity index (χ1v) is 4.18. The molecule has 3 nitrogen and oxygen atoms in total. The van der Waals surface area contributed by atoms with Gasteiger partial charge in [-0.1, -0.05) is 18.5 Å². The number of aromatic amines is 1. The molecule has 0 aliphatic carbocycles. The largest absolute Gasteiger partial charge is 0.346 e. The number of nitrogens with zero attached hydrogens (tertiary/aromatic N) is 2. The molecular weight excluding hydrogens is 174 g/mol. The average molecular weight is 182 g/mol. The first kappa shape index (κ1) is 7.55. The third kappa shape index (κ3) is 1.06. The quantitative estimate of drug-likeness (QED) is 0.686. The highest BCUT2D eigenvalue weighted by Gasteiger charge is 2.04. The number of H-pyrrole nitrogens is 1. The van der Waals surface area contributed by atoms with Crippen molar-refractivity contribution in [3.05, 3.63) is 23.2 Å². The van der Waals surface area contributed by atoms with Crippen LogP contribution in [-0.2, 0) is 6.42 Å². The summed E-state index contributed by atoms with van der Waals surface area (Å²) in [5.41, 5.74) is 0.812. The van der Waals surface area contributed by atoms with Gasteiger partial charge in [-0.2, -0.15) is 0 Å². The van der Waals surface area contributed by atoms with Crippen molar-refractivity contribution in [3.8, 4) is 0 Å². The van der Waals surface area contributed by atoms with Crippen LogP contribution in [0.15, 0.2) is 12.3 Å². The summed E-state index contributed by atoms with van der Waals surface area (Å²) in [6, 6.07) is 1.87. The zero-order chi connectivity index (χ0) is 8.55. The molecule has 0 atom stereocenters. The summed E-state index contributed by atoms with van der Waals surface area (Å²) in [7, 11) is 0. The third-order valence-corrected chi connectivity index (χ3v) is 2.02. The Morgan fingerprint density at radius 2 is 2.33 bits per heavy atom. The molecule has 0 aliphatic heterocycles. The molecule has 0 saturated heterocycles. The molecule has 0 aromatic carbocycles. The smallest absolute Gasteiger partial charge is 0.142 e. The minimum atomic E-state index is 0.526. The van der Waals surface area contributed by atoms with E-state index in [1.165, 1.54) is 0 Å². The second-order valence-corrected chi connectivity index (χ2v) is 2.88. The van der Waals surface area contributed by atoms with Gasteiger partial charge in [0.15, 0.2) is 0 Å². The van der Waals surface area contributed by atoms with Gasteiger partial charge in [-0.15, -0.1) is 0 Å². The summed E-state index contributed by atoms with van der Waals surface area (Å²) >= 11 is 5.91. The number of aromatic nitrogens is 3. The summed E-state index contributed by atoms with van der Waals surface area (Å²) in [4.78, 5) is 11.4. The van der Waals surface area contributed by atoms with Crippen LogP contribution in [0.1, 0.15) is 12.7 Å². The van der Waals surface area contributed by atoms with E-state index in [0.717, 1.165) is 23.3 Å². The van der Waals surface area contributed by atoms with Gasteiger partial charge in [-0.25, -0.2) is 9.97 Å². The van der Waals surface area contributed by atoms with Gasteiger partial charge in [0, 0.05) is 12.6 Å². The van der Waals surface area contributed by atoms with E-state index >= 15 is 0 Å². The Morgan fingerprint density at radius 3 is 3.08 bits per heavy atom. The van der Waals surface area contributed by atoms with Crippen LogP contribution in [0.25, 0.3) is 11.0 Å². The molecule has 2 rings (SSSR count). The number of nitrogens with one attached hydrogen (secondary N) is 1. The van der Waals surface area contributed by atoms with E-state index in [9.17, 15) is 0 Å². The zero-order valence-electron chi connectivity index (χ0n) is 6.63. The molecule has 2 heterocycles. The second-order valence-electron chi connectivity index (χ2n) is 2.52. The predicted octanol–water partition coefficient (Wildman–Crippen LogP) is 2.17. The molecule has 2 aromatic rings. The fourth-order valence-corrected chi connectivity index (χ4v) is 1.36. The maximum atomic E-state index is 5.91. The Labute approximate surface area is 74.8 Å². The van der Waals surface area contributed by atoms with Gasteiger partial charge < -0.3 is 4.98 Å². The number of hydrogen-bond donors (Lipinski definition) is 1. The molecule has 2 aromatic heterocycles. The lowest BCUT2D eigenvalue weighted by molar-refractivity contribution is 0.956. The highest BCUT2D eigenvalue weighted by molar-refractivity contribution is 6.33. The monoisotopic (exact) mass is 181 g/mol. The summed E-state index contributed by atoms with van der Waals surface area (Å²) in [5.74, 6) is 0.773. The van der Waals surface area contributed by atoms with Gasteiger partial charge in [0.05, 0.1) is 5.39 Å². The number of aryl methyl sites for hydroxylation is 1. The third-order valence-electron chi connectivity index (χ3n) is 1.73. The summed E-state index contributed by atoms with van der Waals surface area (Å²) in [6.07, 6.45) is 2.61. The van der Waals surface area contributed by atoms with E-state index in [1.54, 1.807) is 0 Å². The molecule has 0 fully saturated rings. The minimum absolute atomic E-state index is 0.526. The highest BCUT2D eigenvalue weighted by Crippen LogP contribution is 2.18. The molecule has 0 aliphatic rings. The minimum Gasteiger partial charge on any atom is -0.346 e. The highest BCUT2D eigenvalue weighted by atomic mass is 35.5. The maximum absolute atomic E-state index is 5.91. The molecule has 0 bridgehead atoms. The first-order chi connectivity index (χ1) is 5.81. The van der Waals surface area contributed by atoms with E-state index in [1.807, 2.05) is 19.2 Å². The second kappa shape index (κ2) is 2.75. The van der Waals surface area contributed by atoms with Gasteiger partial charge in [-0.05, 0) is 6.07 Å². The van der Waals surface area contributed by atoms with Crippen LogP contribution in [0.5, 0.6) is 0 Å². The Kier molecular flexibility index (Phi) is 1.73. The number of halogens is 1. The molecule has 12 heavy (non-hydrogen) atoms. The Bertz CT molecular complexity index is 408. The average Bonchev–Trinajstić information content (AvgIpc) is 2.52. The normalized spacial score (nSPS) is 10.8. The van der Waals surface area contributed by atoms with Crippen molar-refractivity contribution < 1.29 is 0 Å². The molecule has 4 heteroatoms. The van der Waals surface area contributed by atoms with Crippen LogP contribution < -0.4 is 0 Å². The maximum Gasteiger partial charge on any atom is 0.142 e. The van der Waals surface area contributed by atoms with Crippen molar-refractivity contribution in [2.45, 2.75) is 13.3 Å². The van der Waals surface area contributed by atoms with Crippen molar-refractivity contribution in [3.63, 3.8) is 0 Å². The van der Waals surface area contributed by atoms with Crippen LogP contribution in [0.3, 0.4) is 0 Å². The van der Waals surface area contributed by atoms with Crippen LogP contribution in [0.2, 0.25) is 5.15 Å². The summed E-state index contributed by atoms with van der Waals surface area (Å²) < 4.78 is 0. The lowest BCUT2D eigenvalue weighted by Gasteiger charge is -1.96. The van der Waals surface area contributed by atoms with Gasteiger partial charge >= 0.3 is 0 Å². The summed E-state index contributed by atoms with van der Waals surface area (Å²) in [5, 5.41) is 1.41. The molecule has 0 spiro atoms. The molecule has 0 saturated carbocycles. The predicted molar refractivity (Wildman–Crippen MR) is 48.3 cm³/mol. The van der Waals surface area contributed by atoms with Crippen molar-refractivity contribution in [2.24, 2.45) is 0 Å². The molecule has 1 N–H and O–H groups in total. The molecular formula is C8H8ClN3. The van der Waals surface area contributed by atoms with E-state index in [0.29, 0.717) is 5.15 Å². The van der Waals surface area contributed by atoms with Gasteiger partial charge in [-0.3, -0.25) is 0 Å². The Balaban J connectivity index is 2.75. The van der Waals surface area contributed by atoms with Crippen molar-refractivity contribution in [1.82, 2.24) is 15.0 Å². The molecule has 0 amide bonds. The fourth-order valence-electron chi connectivity index (χ4n) is 1.11. The number of fused-ring (bicyclic) bond motifs is 1. The lowest BCUT2D eigenvalue weighted by Crippen LogP contribution is -1.93. The Hall–Kier alpha value is -1.09. The van der Waals surface area contributed by atoms with Crippen LogP contribution >= 0.6 is 11.6 Å². The van der Waals surface area contributed by atoms with Gasteiger partial charge in [0.2, 0.25) is 0 Å². The van der Waals surface area contributed by atoms with Crippen LogP contribution in [0, 0.1) is 0 Å². The van der Waals surface area contributed by atoms with Crippen molar-refractivity contribution in [1.29, 1.82) is 0 Å². The number of rotatable bonds is 1. The summed E-state index contributed by atoms with van der Waals surface area (Å²) in [6.45, 7) is 2.00. The van der Waals surface area contributed by atoms with E-state index in [4.69, 9.17) is 11.6 Å². The van der Waals surface area contributed by atoms with E-state index in [-0.39, 0.29) is 0 Å². The lowest BCUT2D eigenvalue weighted by atomic mass is 10.4. The fraction of sp³-hybridized carbons (Fsp3) is 0.250. The Morgan fingerprint density at radius 1 is 1.50 bits per heavy atom. The number of hydrogen-bond acceptors (Lipinski definition) is 2. The van der Waals surface area contributed by atoms with Crippen molar-refractivity contribution in [2.75, 3.05) is 0 Å². The van der Waals surface area contributed by atoms with Gasteiger partial charge in [0.25, 0.3) is 0 Å². The first-order valence-electron chi connectivity index (χ1n) is 3.80. The molecule has 0 unspecified atom stereocenters.